The van der Waals surface area contributed by atoms with Gasteiger partial charge in [0, 0.05) is 24.4 Å². The number of aryl methyl sites for hydroxylation is 2. The number of phenolic OH excluding ortho intramolecular Hbond substituents is 2. The fourth-order valence-electron chi connectivity index (χ4n) is 1.84. The highest BCUT2D eigenvalue weighted by molar-refractivity contribution is 5.84. The molecular weight excluding hydrogens is 236 g/mol. The van der Waals surface area contributed by atoms with E-state index in [1.165, 1.54) is 16.7 Å². The summed E-state index contributed by atoms with van der Waals surface area (Å²) in [7, 11) is 0. The quantitative estimate of drug-likeness (QED) is 0.616. The Morgan fingerprint density at radius 3 is 2.67 bits per heavy atom. The summed E-state index contributed by atoms with van der Waals surface area (Å²) in [6, 6.07) is 2.65. The highest BCUT2D eigenvalue weighted by atomic mass is 16.3. The lowest BCUT2D eigenvalue weighted by Crippen LogP contribution is -2.24. The molecule has 1 heterocycles. The average Bonchev–Trinajstić information content (AvgIpc) is 2.32. The molecule has 0 fully saturated rings. The van der Waals surface area contributed by atoms with Gasteiger partial charge in [-0.3, -0.25) is 4.57 Å². The van der Waals surface area contributed by atoms with Crippen LogP contribution in [0.1, 0.15) is 12.1 Å². The molecule has 2 N–H and O–H groups in total. The van der Waals surface area contributed by atoms with Crippen molar-refractivity contribution in [2.45, 2.75) is 19.9 Å². The second kappa shape index (κ2) is 4.48. The highest BCUT2D eigenvalue weighted by Gasteiger charge is 2.11. The van der Waals surface area contributed by atoms with Gasteiger partial charge in [0.25, 0.3) is 0 Å². The van der Waals surface area contributed by atoms with Gasteiger partial charge >= 0.3 is 5.69 Å². The van der Waals surface area contributed by atoms with Gasteiger partial charge in [-0.25, -0.2) is 4.79 Å². The van der Waals surface area contributed by atoms with Gasteiger partial charge in [0.05, 0.1) is 11.2 Å². The number of rotatable bonds is 3. The lowest BCUT2D eigenvalue weighted by atomic mass is 10.1. The summed E-state index contributed by atoms with van der Waals surface area (Å²) in [5, 5.41) is 19.5. The van der Waals surface area contributed by atoms with Crippen LogP contribution in [0.25, 0.3) is 10.9 Å². The minimum absolute atomic E-state index is 0.182. The number of phenols is 2. The van der Waals surface area contributed by atoms with Crippen molar-refractivity contribution in [3.63, 3.8) is 0 Å². The van der Waals surface area contributed by atoms with Crippen LogP contribution in [0.15, 0.2) is 16.9 Å². The van der Waals surface area contributed by atoms with E-state index in [9.17, 15) is 19.8 Å². The number of aromatic nitrogens is 2. The Morgan fingerprint density at radius 2 is 2.00 bits per heavy atom. The Balaban J connectivity index is 2.79. The van der Waals surface area contributed by atoms with E-state index in [1.807, 2.05) is 0 Å². The van der Waals surface area contributed by atoms with E-state index >= 15 is 0 Å². The van der Waals surface area contributed by atoms with Crippen LogP contribution in [0.3, 0.4) is 0 Å². The first kappa shape index (κ1) is 12.1. The van der Waals surface area contributed by atoms with Gasteiger partial charge in [-0.2, -0.15) is 4.98 Å². The summed E-state index contributed by atoms with van der Waals surface area (Å²) in [6.07, 6.45) is 0.889. The summed E-state index contributed by atoms with van der Waals surface area (Å²) in [5.41, 5.74) is 0.434. The van der Waals surface area contributed by atoms with Crippen LogP contribution in [-0.2, 0) is 11.3 Å². The van der Waals surface area contributed by atoms with Crippen molar-refractivity contribution in [1.29, 1.82) is 0 Å². The fraction of sp³-hybridized carbons (Fsp3) is 0.250. The third-order valence-corrected chi connectivity index (χ3v) is 2.74. The van der Waals surface area contributed by atoms with E-state index < -0.39 is 5.69 Å². The van der Waals surface area contributed by atoms with Crippen molar-refractivity contribution in [2.24, 2.45) is 0 Å². The number of hydrogen-bond donors (Lipinski definition) is 2. The number of nitrogens with zero attached hydrogens (tertiary/aromatic N) is 2. The van der Waals surface area contributed by atoms with Crippen molar-refractivity contribution in [3.05, 3.63) is 28.3 Å². The largest absolute Gasteiger partial charge is 0.504 e. The predicted molar refractivity (Wildman–Crippen MR) is 64.8 cm³/mol. The Hall–Kier alpha value is -2.37. The lowest BCUT2D eigenvalue weighted by molar-refractivity contribution is -0.108. The maximum atomic E-state index is 11.7. The number of hydrogen-bond acceptors (Lipinski definition) is 5. The van der Waals surface area contributed by atoms with Gasteiger partial charge in [0.15, 0.2) is 11.5 Å². The minimum atomic E-state index is -0.480. The van der Waals surface area contributed by atoms with Crippen molar-refractivity contribution < 1.29 is 15.0 Å². The normalized spacial score (nSPS) is 10.7. The molecule has 18 heavy (non-hydrogen) atoms. The molecule has 1 aromatic carbocycles. The molecule has 0 aliphatic heterocycles. The topological polar surface area (TPSA) is 92.4 Å². The molecule has 0 amide bonds. The third-order valence-electron chi connectivity index (χ3n) is 2.74. The first-order valence-corrected chi connectivity index (χ1v) is 5.41. The van der Waals surface area contributed by atoms with Gasteiger partial charge in [-0.1, -0.05) is 0 Å². The predicted octanol–water partition coefficient (Wildman–Crippen LogP) is 0.705. The lowest BCUT2D eigenvalue weighted by Gasteiger charge is -2.10. The molecule has 0 saturated carbocycles. The number of carbonyl (C=O) groups excluding carboxylic acids is 1. The standard InChI is InChI=1S/C12H12N2O4/c1-7-8-5-10(16)11(17)6-9(8)14(3-2-4-15)12(18)13-7/h4-6,16-17H,2-3H2,1H3. The minimum Gasteiger partial charge on any atom is -0.504 e. The summed E-state index contributed by atoms with van der Waals surface area (Å²) in [6.45, 7) is 1.83. The van der Waals surface area contributed by atoms with Gasteiger partial charge in [0.2, 0.25) is 0 Å². The van der Waals surface area contributed by atoms with Crippen molar-refractivity contribution in [3.8, 4) is 11.5 Å². The Kier molecular flexibility index (Phi) is 3.01. The van der Waals surface area contributed by atoms with Crippen LogP contribution in [0.5, 0.6) is 11.5 Å². The number of aldehydes is 1. The second-order valence-corrected chi connectivity index (χ2v) is 3.94. The molecule has 2 rings (SSSR count). The maximum absolute atomic E-state index is 11.7. The fourth-order valence-corrected chi connectivity index (χ4v) is 1.84. The number of aromatic hydroxyl groups is 2. The van der Waals surface area contributed by atoms with E-state index in [0.717, 1.165) is 0 Å². The molecular formula is C12H12N2O4. The van der Waals surface area contributed by atoms with Crippen LogP contribution in [0.4, 0.5) is 0 Å². The molecule has 0 bridgehead atoms. The Labute approximate surface area is 102 Å². The molecule has 94 valence electrons. The number of fused-ring (bicyclic) bond motifs is 1. The maximum Gasteiger partial charge on any atom is 0.348 e. The van der Waals surface area contributed by atoms with E-state index in [-0.39, 0.29) is 24.5 Å². The zero-order valence-corrected chi connectivity index (χ0v) is 9.75. The van der Waals surface area contributed by atoms with Crippen molar-refractivity contribution in [2.75, 3.05) is 0 Å². The molecule has 0 radical (unpaired) electrons. The SMILES string of the molecule is Cc1nc(=O)n(CCC=O)c2cc(O)c(O)cc12. The molecule has 0 unspecified atom stereocenters. The van der Waals surface area contributed by atoms with Gasteiger partial charge < -0.3 is 15.0 Å². The van der Waals surface area contributed by atoms with Gasteiger partial charge in [0.1, 0.15) is 6.29 Å². The molecule has 0 spiro atoms. The van der Waals surface area contributed by atoms with E-state index in [0.29, 0.717) is 22.9 Å². The first-order valence-electron chi connectivity index (χ1n) is 5.41. The molecule has 0 aliphatic rings. The molecule has 6 nitrogen and oxygen atoms in total. The van der Waals surface area contributed by atoms with Crippen LogP contribution < -0.4 is 5.69 Å². The summed E-state index contributed by atoms with van der Waals surface area (Å²) < 4.78 is 1.30. The van der Waals surface area contributed by atoms with Crippen LogP contribution in [-0.4, -0.2) is 26.1 Å². The Morgan fingerprint density at radius 1 is 1.33 bits per heavy atom. The summed E-state index contributed by atoms with van der Waals surface area (Å²) in [4.78, 5) is 26.0. The first-order chi connectivity index (χ1) is 8.54. The summed E-state index contributed by atoms with van der Waals surface area (Å²) in [5.74, 6) is -0.583. The van der Waals surface area contributed by atoms with E-state index in [1.54, 1.807) is 6.92 Å². The van der Waals surface area contributed by atoms with Crippen molar-refractivity contribution >= 4 is 17.2 Å². The molecule has 0 atom stereocenters. The average molecular weight is 248 g/mol. The second-order valence-electron chi connectivity index (χ2n) is 3.94. The van der Waals surface area contributed by atoms with Crippen molar-refractivity contribution in [1.82, 2.24) is 9.55 Å². The van der Waals surface area contributed by atoms with E-state index in [2.05, 4.69) is 4.98 Å². The zero-order chi connectivity index (χ0) is 13.3. The molecule has 6 heteroatoms. The number of carbonyl (C=O) groups is 1. The van der Waals surface area contributed by atoms with Gasteiger partial charge in [-0.15, -0.1) is 0 Å². The molecule has 2 aromatic rings. The Bertz CT molecular complexity index is 676. The van der Waals surface area contributed by atoms with Crippen LogP contribution >= 0.6 is 0 Å². The summed E-state index contributed by atoms with van der Waals surface area (Å²) >= 11 is 0. The number of benzene rings is 1. The smallest absolute Gasteiger partial charge is 0.348 e. The zero-order valence-electron chi connectivity index (χ0n) is 9.75. The molecule has 1 aromatic heterocycles. The van der Waals surface area contributed by atoms with E-state index in [4.69, 9.17) is 0 Å². The monoisotopic (exact) mass is 248 g/mol. The molecule has 0 saturated heterocycles. The molecule has 0 aliphatic carbocycles. The van der Waals surface area contributed by atoms with Crippen LogP contribution in [0, 0.1) is 6.92 Å². The third kappa shape index (κ3) is 1.92. The van der Waals surface area contributed by atoms with Gasteiger partial charge in [-0.05, 0) is 13.0 Å². The highest BCUT2D eigenvalue weighted by Crippen LogP contribution is 2.30. The van der Waals surface area contributed by atoms with Crippen LogP contribution in [0.2, 0.25) is 0 Å².